The van der Waals surface area contributed by atoms with Crippen molar-refractivity contribution in [2.24, 2.45) is 11.7 Å². The van der Waals surface area contributed by atoms with E-state index >= 15 is 0 Å². The van der Waals surface area contributed by atoms with Gasteiger partial charge in [0.05, 0.1) is 13.2 Å². The number of hydrogen-bond donors (Lipinski definition) is 1. The molecule has 3 heteroatoms. The summed E-state index contributed by atoms with van der Waals surface area (Å²) >= 11 is 0. The lowest BCUT2D eigenvalue weighted by atomic mass is 9.93. The largest absolute Gasteiger partial charge is 0.381 e. The number of hydrogen-bond acceptors (Lipinski definition) is 3. The summed E-state index contributed by atoms with van der Waals surface area (Å²) in [5.74, 6) is 0.555. The van der Waals surface area contributed by atoms with E-state index in [2.05, 4.69) is 12.1 Å². The highest BCUT2D eigenvalue weighted by Gasteiger charge is 2.20. The van der Waals surface area contributed by atoms with Gasteiger partial charge in [0.25, 0.3) is 0 Å². The van der Waals surface area contributed by atoms with E-state index in [0.717, 1.165) is 26.1 Å². The third-order valence-corrected chi connectivity index (χ3v) is 3.29. The van der Waals surface area contributed by atoms with Crippen LogP contribution < -0.4 is 5.73 Å². The van der Waals surface area contributed by atoms with Gasteiger partial charge in [-0.1, -0.05) is 30.3 Å². The van der Waals surface area contributed by atoms with Crippen molar-refractivity contribution in [1.82, 2.24) is 0 Å². The monoisotopic (exact) mass is 235 g/mol. The second kappa shape index (κ2) is 6.74. The summed E-state index contributed by atoms with van der Waals surface area (Å²) in [6.45, 7) is 2.98. The highest BCUT2D eigenvalue weighted by molar-refractivity contribution is 5.13. The van der Waals surface area contributed by atoms with Crippen LogP contribution in [-0.4, -0.2) is 25.9 Å². The Hall–Kier alpha value is -0.900. The molecule has 1 aliphatic heterocycles. The van der Waals surface area contributed by atoms with Crippen LogP contribution in [0, 0.1) is 5.92 Å². The molecule has 2 rings (SSSR count). The van der Waals surface area contributed by atoms with Crippen molar-refractivity contribution in [3.63, 3.8) is 0 Å². The van der Waals surface area contributed by atoms with E-state index in [4.69, 9.17) is 15.2 Å². The van der Waals surface area contributed by atoms with Gasteiger partial charge in [0, 0.05) is 19.3 Å². The molecule has 1 aromatic rings. The fourth-order valence-electron chi connectivity index (χ4n) is 2.17. The van der Waals surface area contributed by atoms with Crippen molar-refractivity contribution in [3.05, 3.63) is 35.9 Å². The summed E-state index contributed by atoms with van der Waals surface area (Å²) in [5, 5.41) is 0. The summed E-state index contributed by atoms with van der Waals surface area (Å²) in [6.07, 6.45) is 2.13. The highest BCUT2D eigenvalue weighted by Crippen LogP contribution is 2.17. The minimum Gasteiger partial charge on any atom is -0.381 e. The Balaban J connectivity index is 1.67. The summed E-state index contributed by atoms with van der Waals surface area (Å²) < 4.78 is 11.0. The third kappa shape index (κ3) is 4.11. The summed E-state index contributed by atoms with van der Waals surface area (Å²) in [5.41, 5.74) is 7.33. The lowest BCUT2D eigenvalue weighted by Crippen LogP contribution is -2.37. The first kappa shape index (κ1) is 12.6. The van der Waals surface area contributed by atoms with Gasteiger partial charge in [0.1, 0.15) is 0 Å². The van der Waals surface area contributed by atoms with Gasteiger partial charge in [-0.3, -0.25) is 0 Å². The molecule has 17 heavy (non-hydrogen) atoms. The van der Waals surface area contributed by atoms with E-state index in [-0.39, 0.29) is 6.04 Å². The molecule has 2 N–H and O–H groups in total. The molecule has 0 spiro atoms. The number of nitrogens with two attached hydrogens (primary N) is 1. The first-order valence-electron chi connectivity index (χ1n) is 6.31. The first-order chi connectivity index (χ1) is 8.36. The quantitative estimate of drug-likeness (QED) is 0.848. The maximum Gasteiger partial charge on any atom is 0.0717 e. The Kier molecular flexibility index (Phi) is 4.98. The zero-order valence-corrected chi connectivity index (χ0v) is 10.2. The zero-order chi connectivity index (χ0) is 11.9. The summed E-state index contributed by atoms with van der Waals surface area (Å²) in [4.78, 5) is 0. The maximum atomic E-state index is 6.13. The first-order valence-corrected chi connectivity index (χ1v) is 6.31. The van der Waals surface area contributed by atoms with Crippen molar-refractivity contribution in [2.45, 2.75) is 25.5 Å². The van der Waals surface area contributed by atoms with Crippen LogP contribution >= 0.6 is 0 Å². The Labute approximate surface area is 103 Å². The minimum absolute atomic E-state index is 0.141. The van der Waals surface area contributed by atoms with E-state index in [0.29, 0.717) is 19.1 Å². The van der Waals surface area contributed by atoms with Crippen LogP contribution in [0.1, 0.15) is 18.4 Å². The molecule has 94 valence electrons. The normalized spacial score (nSPS) is 19.1. The fraction of sp³-hybridized carbons (Fsp3) is 0.571. The summed E-state index contributed by atoms with van der Waals surface area (Å²) in [7, 11) is 0. The average Bonchev–Trinajstić information content (AvgIpc) is 2.41. The van der Waals surface area contributed by atoms with E-state index in [1.807, 2.05) is 18.2 Å². The van der Waals surface area contributed by atoms with Gasteiger partial charge >= 0.3 is 0 Å². The molecule has 3 nitrogen and oxygen atoms in total. The van der Waals surface area contributed by atoms with Gasteiger partial charge in [-0.2, -0.15) is 0 Å². The van der Waals surface area contributed by atoms with Crippen molar-refractivity contribution in [2.75, 3.05) is 19.8 Å². The predicted octanol–water partition coefficient (Wildman–Crippen LogP) is 1.96. The number of benzene rings is 1. The molecule has 1 aromatic carbocycles. The molecule has 1 unspecified atom stereocenters. The third-order valence-electron chi connectivity index (χ3n) is 3.29. The van der Waals surface area contributed by atoms with Gasteiger partial charge in [-0.15, -0.1) is 0 Å². The van der Waals surface area contributed by atoms with E-state index in [1.165, 1.54) is 5.56 Å². The van der Waals surface area contributed by atoms with Gasteiger partial charge in [0.15, 0.2) is 0 Å². The topological polar surface area (TPSA) is 44.5 Å². The lowest BCUT2D eigenvalue weighted by Gasteiger charge is -2.27. The second-order valence-corrected chi connectivity index (χ2v) is 4.61. The molecule has 0 aliphatic carbocycles. The average molecular weight is 235 g/mol. The fourth-order valence-corrected chi connectivity index (χ4v) is 2.17. The second-order valence-electron chi connectivity index (χ2n) is 4.61. The number of ether oxygens (including phenoxy) is 2. The Morgan fingerprint density at radius 2 is 1.94 bits per heavy atom. The minimum atomic E-state index is 0.141. The van der Waals surface area contributed by atoms with Crippen molar-refractivity contribution < 1.29 is 9.47 Å². The Morgan fingerprint density at radius 1 is 1.24 bits per heavy atom. The van der Waals surface area contributed by atoms with Crippen molar-refractivity contribution in [1.29, 1.82) is 0 Å². The molecule has 1 fully saturated rings. The molecule has 0 radical (unpaired) electrons. The molecular weight excluding hydrogens is 214 g/mol. The molecule has 1 atom stereocenters. The Morgan fingerprint density at radius 3 is 2.65 bits per heavy atom. The molecular formula is C14H21NO2. The van der Waals surface area contributed by atoms with E-state index in [9.17, 15) is 0 Å². The van der Waals surface area contributed by atoms with Crippen molar-refractivity contribution >= 4 is 0 Å². The SMILES string of the molecule is NC(COCc1ccccc1)C1CCOCC1. The van der Waals surface area contributed by atoms with Crippen LogP contribution in [0.4, 0.5) is 0 Å². The lowest BCUT2D eigenvalue weighted by molar-refractivity contribution is 0.0338. The van der Waals surface area contributed by atoms with Gasteiger partial charge in [0.2, 0.25) is 0 Å². The standard InChI is InChI=1S/C14H21NO2/c15-14(13-6-8-16-9-7-13)11-17-10-12-4-2-1-3-5-12/h1-5,13-14H,6-11,15H2. The predicted molar refractivity (Wildman–Crippen MR) is 67.6 cm³/mol. The Bertz CT molecular complexity index is 309. The van der Waals surface area contributed by atoms with Gasteiger partial charge < -0.3 is 15.2 Å². The molecule has 0 aromatic heterocycles. The van der Waals surface area contributed by atoms with Crippen LogP contribution in [0.3, 0.4) is 0 Å². The smallest absolute Gasteiger partial charge is 0.0717 e. The number of rotatable bonds is 5. The van der Waals surface area contributed by atoms with Crippen LogP contribution in [0.25, 0.3) is 0 Å². The van der Waals surface area contributed by atoms with Crippen molar-refractivity contribution in [3.8, 4) is 0 Å². The molecule has 0 saturated carbocycles. The highest BCUT2D eigenvalue weighted by atomic mass is 16.5. The van der Waals surface area contributed by atoms with Crippen LogP contribution in [0.5, 0.6) is 0 Å². The molecule has 1 aliphatic rings. The van der Waals surface area contributed by atoms with E-state index < -0.39 is 0 Å². The molecule has 0 amide bonds. The molecule has 0 bridgehead atoms. The van der Waals surface area contributed by atoms with E-state index in [1.54, 1.807) is 0 Å². The maximum absolute atomic E-state index is 6.13. The molecule has 1 heterocycles. The zero-order valence-electron chi connectivity index (χ0n) is 10.2. The van der Waals surface area contributed by atoms with Crippen LogP contribution in [-0.2, 0) is 16.1 Å². The van der Waals surface area contributed by atoms with Crippen LogP contribution in [0.2, 0.25) is 0 Å². The van der Waals surface area contributed by atoms with Crippen LogP contribution in [0.15, 0.2) is 30.3 Å². The molecule has 1 saturated heterocycles. The van der Waals surface area contributed by atoms with Gasteiger partial charge in [-0.05, 0) is 24.3 Å². The van der Waals surface area contributed by atoms with Gasteiger partial charge in [-0.25, -0.2) is 0 Å². The summed E-state index contributed by atoms with van der Waals surface area (Å²) in [6, 6.07) is 10.3.